The summed E-state index contributed by atoms with van der Waals surface area (Å²) in [4.78, 5) is 38.8. The largest absolute Gasteiger partial charge is 0.459 e. The van der Waals surface area contributed by atoms with Gasteiger partial charge < -0.3 is 20.5 Å². The molecule has 0 saturated heterocycles. The number of rotatable bonds is 12. The summed E-state index contributed by atoms with van der Waals surface area (Å²) in [6.45, 7) is 9.00. The van der Waals surface area contributed by atoms with E-state index >= 15 is 0 Å². The maximum Gasteiger partial charge on any atom is 0.323 e. The van der Waals surface area contributed by atoms with Crippen LogP contribution in [-0.2, 0) is 25.5 Å². The second-order valence-electron chi connectivity index (χ2n) is 10.5. The molecular weight excluding hydrogens is 458 g/mol. The van der Waals surface area contributed by atoms with E-state index in [0.717, 1.165) is 16.3 Å². The zero-order valence-electron chi connectivity index (χ0n) is 22.3. The predicted octanol–water partition coefficient (Wildman–Crippen LogP) is 2.71. The first-order chi connectivity index (χ1) is 16.9. The summed E-state index contributed by atoms with van der Waals surface area (Å²) < 4.78 is 5.48. The van der Waals surface area contributed by atoms with Crippen molar-refractivity contribution in [2.45, 2.75) is 77.6 Å². The second kappa shape index (κ2) is 13.4. The zero-order valence-corrected chi connectivity index (χ0v) is 22.3. The molecule has 0 spiro atoms. The minimum atomic E-state index is -0.859. The van der Waals surface area contributed by atoms with Crippen LogP contribution in [0.5, 0.6) is 0 Å². The fraction of sp³-hybridized carbons (Fsp3) is 0.536. The van der Waals surface area contributed by atoms with E-state index in [0.29, 0.717) is 12.8 Å². The van der Waals surface area contributed by atoms with Gasteiger partial charge in [0.05, 0.1) is 6.04 Å². The third-order valence-electron chi connectivity index (χ3n) is 5.67. The van der Waals surface area contributed by atoms with E-state index in [-0.39, 0.29) is 30.8 Å². The maximum atomic E-state index is 13.4. The Balaban J connectivity index is 2.22. The molecule has 0 aliphatic carbocycles. The monoisotopic (exact) mass is 499 g/mol. The van der Waals surface area contributed by atoms with Crippen molar-refractivity contribution >= 4 is 28.6 Å². The molecule has 8 heteroatoms. The molecule has 3 atom stereocenters. The number of aliphatic hydroxyl groups is 1. The van der Waals surface area contributed by atoms with E-state index in [9.17, 15) is 19.5 Å². The van der Waals surface area contributed by atoms with Gasteiger partial charge in [-0.1, -0.05) is 56.3 Å². The van der Waals surface area contributed by atoms with Gasteiger partial charge in [0, 0.05) is 20.1 Å². The van der Waals surface area contributed by atoms with Crippen LogP contribution in [0.4, 0.5) is 0 Å². The molecule has 0 aromatic heterocycles. The number of carbonyl (C=O) groups excluding carboxylic acids is 3. The quantitative estimate of drug-likeness (QED) is 0.334. The van der Waals surface area contributed by atoms with E-state index in [1.165, 1.54) is 7.05 Å². The Hall–Kier alpha value is -2.97. The van der Waals surface area contributed by atoms with Gasteiger partial charge in [0.15, 0.2) is 0 Å². The third-order valence-corrected chi connectivity index (χ3v) is 5.67. The van der Waals surface area contributed by atoms with E-state index < -0.39 is 29.7 Å². The summed E-state index contributed by atoms with van der Waals surface area (Å²) in [5, 5.41) is 20.2. The molecule has 0 radical (unpaired) electrons. The van der Waals surface area contributed by atoms with Crippen LogP contribution in [0, 0.1) is 5.92 Å². The van der Waals surface area contributed by atoms with Gasteiger partial charge in [-0.2, -0.15) is 0 Å². The summed E-state index contributed by atoms with van der Waals surface area (Å²) >= 11 is 0. The van der Waals surface area contributed by atoms with Crippen LogP contribution < -0.4 is 16.0 Å². The van der Waals surface area contributed by atoms with E-state index in [1.54, 1.807) is 20.8 Å². The summed E-state index contributed by atoms with van der Waals surface area (Å²) in [5.41, 5.74) is 0.217. The van der Waals surface area contributed by atoms with Gasteiger partial charge in [0.1, 0.15) is 17.7 Å². The molecule has 0 heterocycles. The molecule has 0 saturated carbocycles. The van der Waals surface area contributed by atoms with Gasteiger partial charge in [-0.05, 0) is 55.9 Å². The third kappa shape index (κ3) is 9.24. The average Bonchev–Trinajstić information content (AvgIpc) is 2.80. The first-order valence-electron chi connectivity index (χ1n) is 12.5. The highest BCUT2D eigenvalue weighted by molar-refractivity contribution is 5.90. The second-order valence-corrected chi connectivity index (χ2v) is 10.5. The molecule has 0 aliphatic rings. The number of hydrogen-bond donors (Lipinski definition) is 4. The van der Waals surface area contributed by atoms with Crippen molar-refractivity contribution in [1.29, 1.82) is 0 Å². The maximum absolute atomic E-state index is 13.4. The average molecular weight is 500 g/mol. The van der Waals surface area contributed by atoms with Gasteiger partial charge in [-0.3, -0.25) is 19.7 Å². The lowest BCUT2D eigenvalue weighted by Crippen LogP contribution is -2.56. The number of carbonyl (C=O) groups is 3. The summed E-state index contributed by atoms with van der Waals surface area (Å²) in [7, 11) is 1.53. The Morgan fingerprint density at radius 2 is 1.61 bits per heavy atom. The van der Waals surface area contributed by atoms with Crippen molar-refractivity contribution in [3.05, 3.63) is 48.0 Å². The highest BCUT2D eigenvalue weighted by Gasteiger charge is 2.32. The molecule has 2 aromatic carbocycles. The smallest absolute Gasteiger partial charge is 0.323 e. The molecule has 0 aliphatic heterocycles. The van der Waals surface area contributed by atoms with Gasteiger partial charge in [0.25, 0.3) is 0 Å². The lowest BCUT2D eigenvalue weighted by atomic mass is 9.99. The van der Waals surface area contributed by atoms with Crippen LogP contribution >= 0.6 is 0 Å². The van der Waals surface area contributed by atoms with E-state index in [2.05, 4.69) is 16.0 Å². The molecule has 0 bridgehead atoms. The van der Waals surface area contributed by atoms with Gasteiger partial charge in [-0.25, -0.2) is 0 Å². The van der Waals surface area contributed by atoms with Crippen molar-refractivity contribution in [1.82, 2.24) is 16.0 Å². The molecule has 8 nitrogen and oxygen atoms in total. The van der Waals surface area contributed by atoms with Crippen molar-refractivity contribution in [3.8, 4) is 0 Å². The summed E-state index contributed by atoms with van der Waals surface area (Å²) in [6.07, 6.45) is 0.858. The molecule has 2 amide bonds. The van der Waals surface area contributed by atoms with E-state index in [4.69, 9.17) is 4.74 Å². The van der Waals surface area contributed by atoms with E-state index in [1.807, 2.05) is 56.3 Å². The normalized spacial score (nSPS) is 14.2. The first-order valence-corrected chi connectivity index (χ1v) is 12.5. The Labute approximate surface area is 214 Å². The molecule has 0 unspecified atom stereocenters. The molecule has 2 aromatic rings. The van der Waals surface area contributed by atoms with Crippen LogP contribution in [0.25, 0.3) is 10.8 Å². The number of ether oxygens (including phenoxy) is 1. The minimum Gasteiger partial charge on any atom is -0.459 e. The summed E-state index contributed by atoms with van der Waals surface area (Å²) in [5.74, 6) is -1.08. The first kappa shape index (κ1) is 29.3. The SMILES string of the molecule is CNC(=O)[C@H](Cc1ccc2ccccc2c1)NC(=O)[C@H](CC(C)C)N[C@H](CCO)C(=O)OC(C)(C)C. The number of fused-ring (bicyclic) bond motifs is 1. The fourth-order valence-electron chi connectivity index (χ4n) is 3.99. The number of hydrogen-bond acceptors (Lipinski definition) is 6. The highest BCUT2D eigenvalue weighted by atomic mass is 16.6. The Morgan fingerprint density at radius 1 is 0.944 bits per heavy atom. The van der Waals surface area contributed by atoms with Crippen LogP contribution in [-0.4, -0.2) is 60.3 Å². The highest BCUT2D eigenvalue weighted by Crippen LogP contribution is 2.17. The number of amides is 2. The molecule has 198 valence electrons. The minimum absolute atomic E-state index is 0.104. The zero-order chi connectivity index (χ0) is 26.9. The number of aliphatic hydroxyl groups excluding tert-OH is 1. The number of likely N-dealkylation sites (N-methyl/N-ethyl adjacent to an activating group) is 1. The van der Waals surface area contributed by atoms with Crippen molar-refractivity contribution < 1.29 is 24.2 Å². The fourth-order valence-corrected chi connectivity index (χ4v) is 3.99. The molecule has 4 N–H and O–H groups in total. The van der Waals surface area contributed by atoms with Crippen molar-refractivity contribution in [3.63, 3.8) is 0 Å². The Kier molecular flexibility index (Phi) is 10.9. The predicted molar refractivity (Wildman–Crippen MR) is 141 cm³/mol. The Morgan fingerprint density at radius 3 is 2.19 bits per heavy atom. The van der Waals surface area contributed by atoms with Crippen molar-refractivity contribution in [2.75, 3.05) is 13.7 Å². The van der Waals surface area contributed by atoms with Crippen LogP contribution in [0.1, 0.15) is 53.0 Å². The van der Waals surface area contributed by atoms with Crippen molar-refractivity contribution in [2.24, 2.45) is 5.92 Å². The standard InChI is InChI=1S/C28H41N3O5/c1-18(2)15-23(30-22(13-14-32)27(35)36-28(3,4)5)26(34)31-24(25(33)29-6)17-19-11-12-20-9-7-8-10-21(20)16-19/h7-12,16,18,22-24,30,32H,13-15,17H2,1-6H3,(H,29,33)(H,31,34)/t22-,23+,24+/m1/s1. The van der Waals surface area contributed by atoms with Crippen LogP contribution in [0.2, 0.25) is 0 Å². The Bertz CT molecular complexity index is 1030. The topological polar surface area (TPSA) is 117 Å². The molecule has 2 rings (SSSR count). The molecular formula is C28H41N3O5. The molecule has 0 fully saturated rings. The van der Waals surface area contributed by atoms with Crippen LogP contribution in [0.3, 0.4) is 0 Å². The van der Waals surface area contributed by atoms with Gasteiger partial charge in [0.2, 0.25) is 11.8 Å². The molecule has 36 heavy (non-hydrogen) atoms. The number of nitrogens with one attached hydrogen (secondary N) is 3. The van der Waals surface area contributed by atoms with Gasteiger partial charge in [-0.15, -0.1) is 0 Å². The lowest BCUT2D eigenvalue weighted by Gasteiger charge is -2.29. The number of esters is 1. The van der Waals surface area contributed by atoms with Gasteiger partial charge >= 0.3 is 5.97 Å². The number of benzene rings is 2. The summed E-state index contributed by atoms with van der Waals surface area (Å²) in [6, 6.07) is 11.5. The lowest BCUT2D eigenvalue weighted by molar-refractivity contribution is -0.158. The van der Waals surface area contributed by atoms with Crippen LogP contribution in [0.15, 0.2) is 42.5 Å².